The van der Waals surface area contributed by atoms with Crippen LogP contribution in [0, 0.1) is 0 Å². The van der Waals surface area contributed by atoms with Gasteiger partial charge in [0.15, 0.2) is 0 Å². The standard InChI is InChI=1S/C10H13NO/c11-6-7-3-1-2-4-8(7)9-5-10(9)12/h1-4,9-10,12H,5-6,11H2. The first-order chi connectivity index (χ1) is 5.83. The average Bonchev–Trinajstić information content (AvgIpc) is 2.83. The third-order valence-electron chi connectivity index (χ3n) is 2.43. The topological polar surface area (TPSA) is 46.2 Å². The van der Waals surface area contributed by atoms with Crippen LogP contribution in [0.3, 0.4) is 0 Å². The van der Waals surface area contributed by atoms with Crippen LogP contribution in [0.4, 0.5) is 0 Å². The quantitative estimate of drug-likeness (QED) is 0.683. The van der Waals surface area contributed by atoms with Gasteiger partial charge in [0.05, 0.1) is 6.10 Å². The highest BCUT2D eigenvalue weighted by Gasteiger charge is 2.37. The van der Waals surface area contributed by atoms with E-state index in [0.717, 1.165) is 6.42 Å². The van der Waals surface area contributed by atoms with Gasteiger partial charge in [0.1, 0.15) is 0 Å². The molecule has 1 saturated carbocycles. The van der Waals surface area contributed by atoms with E-state index >= 15 is 0 Å². The normalized spacial score (nSPS) is 27.2. The maximum atomic E-state index is 9.26. The van der Waals surface area contributed by atoms with Crippen molar-refractivity contribution < 1.29 is 5.11 Å². The predicted molar refractivity (Wildman–Crippen MR) is 47.7 cm³/mol. The van der Waals surface area contributed by atoms with Gasteiger partial charge < -0.3 is 10.8 Å². The molecule has 1 aromatic rings. The molecule has 3 N–H and O–H groups in total. The van der Waals surface area contributed by atoms with Gasteiger partial charge in [-0.25, -0.2) is 0 Å². The van der Waals surface area contributed by atoms with Crippen LogP contribution in [0.1, 0.15) is 23.5 Å². The molecule has 0 spiro atoms. The molecule has 1 aliphatic carbocycles. The van der Waals surface area contributed by atoms with Gasteiger partial charge in [-0.05, 0) is 17.5 Å². The molecular weight excluding hydrogens is 150 g/mol. The third-order valence-corrected chi connectivity index (χ3v) is 2.43. The van der Waals surface area contributed by atoms with Crippen LogP contribution in [0.2, 0.25) is 0 Å². The van der Waals surface area contributed by atoms with Gasteiger partial charge in [-0.3, -0.25) is 0 Å². The fourth-order valence-electron chi connectivity index (χ4n) is 1.60. The lowest BCUT2D eigenvalue weighted by atomic mass is 10.0. The Hall–Kier alpha value is -0.860. The Balaban J connectivity index is 2.29. The predicted octanol–water partition coefficient (Wildman–Crippen LogP) is 0.994. The van der Waals surface area contributed by atoms with Gasteiger partial charge in [0.25, 0.3) is 0 Å². The molecule has 0 bridgehead atoms. The van der Waals surface area contributed by atoms with Crippen molar-refractivity contribution in [2.24, 2.45) is 5.73 Å². The second kappa shape index (κ2) is 2.88. The molecule has 1 aromatic carbocycles. The Labute approximate surface area is 72.0 Å². The number of rotatable bonds is 2. The molecule has 0 saturated heterocycles. The number of aliphatic hydroxyl groups is 1. The second-order valence-corrected chi connectivity index (χ2v) is 3.31. The Morgan fingerprint density at radius 3 is 2.67 bits per heavy atom. The number of aliphatic hydroxyl groups excluding tert-OH is 1. The summed E-state index contributed by atoms with van der Waals surface area (Å²) in [5.74, 6) is 0.352. The minimum Gasteiger partial charge on any atom is -0.392 e. The summed E-state index contributed by atoms with van der Waals surface area (Å²) in [5, 5.41) is 9.26. The van der Waals surface area contributed by atoms with Crippen molar-refractivity contribution in [3.8, 4) is 0 Å². The highest BCUT2D eigenvalue weighted by atomic mass is 16.3. The summed E-state index contributed by atoms with van der Waals surface area (Å²) < 4.78 is 0. The smallest absolute Gasteiger partial charge is 0.0616 e. The molecule has 0 aromatic heterocycles. The molecule has 2 unspecified atom stereocenters. The summed E-state index contributed by atoms with van der Waals surface area (Å²) in [6.45, 7) is 0.569. The van der Waals surface area contributed by atoms with Crippen LogP contribution in [-0.4, -0.2) is 11.2 Å². The van der Waals surface area contributed by atoms with Gasteiger partial charge in [-0.2, -0.15) is 0 Å². The molecule has 0 aliphatic heterocycles. The highest BCUT2D eigenvalue weighted by molar-refractivity contribution is 5.34. The summed E-state index contributed by atoms with van der Waals surface area (Å²) >= 11 is 0. The summed E-state index contributed by atoms with van der Waals surface area (Å²) in [6, 6.07) is 8.07. The van der Waals surface area contributed by atoms with Gasteiger partial charge in [-0.1, -0.05) is 24.3 Å². The van der Waals surface area contributed by atoms with Crippen molar-refractivity contribution in [3.63, 3.8) is 0 Å². The van der Waals surface area contributed by atoms with E-state index in [4.69, 9.17) is 5.73 Å². The lowest BCUT2D eigenvalue weighted by Gasteiger charge is -2.04. The second-order valence-electron chi connectivity index (χ2n) is 3.31. The van der Waals surface area contributed by atoms with Gasteiger partial charge in [0.2, 0.25) is 0 Å². The first kappa shape index (κ1) is 7.77. The number of hydrogen-bond acceptors (Lipinski definition) is 2. The van der Waals surface area contributed by atoms with E-state index in [9.17, 15) is 5.11 Å². The maximum absolute atomic E-state index is 9.26. The average molecular weight is 163 g/mol. The summed E-state index contributed by atoms with van der Waals surface area (Å²) in [7, 11) is 0. The number of hydrogen-bond donors (Lipinski definition) is 2. The first-order valence-electron chi connectivity index (χ1n) is 4.29. The molecule has 0 radical (unpaired) electrons. The monoisotopic (exact) mass is 163 g/mol. The maximum Gasteiger partial charge on any atom is 0.0616 e. The minimum atomic E-state index is -0.127. The van der Waals surface area contributed by atoms with Crippen LogP contribution in [0.25, 0.3) is 0 Å². The van der Waals surface area contributed by atoms with Crippen molar-refractivity contribution in [1.82, 2.24) is 0 Å². The zero-order valence-electron chi connectivity index (χ0n) is 6.90. The van der Waals surface area contributed by atoms with E-state index in [-0.39, 0.29) is 6.10 Å². The molecule has 2 rings (SSSR count). The Kier molecular flexibility index (Phi) is 1.87. The molecule has 1 fully saturated rings. The molecular formula is C10H13NO. The van der Waals surface area contributed by atoms with Crippen molar-refractivity contribution in [1.29, 1.82) is 0 Å². The fourth-order valence-corrected chi connectivity index (χ4v) is 1.60. The fraction of sp³-hybridized carbons (Fsp3) is 0.400. The highest BCUT2D eigenvalue weighted by Crippen LogP contribution is 2.41. The van der Waals surface area contributed by atoms with Crippen LogP contribution in [0.5, 0.6) is 0 Å². The van der Waals surface area contributed by atoms with Crippen LogP contribution >= 0.6 is 0 Å². The number of nitrogens with two attached hydrogens (primary N) is 1. The largest absolute Gasteiger partial charge is 0.392 e. The zero-order valence-corrected chi connectivity index (χ0v) is 6.90. The van der Waals surface area contributed by atoms with Gasteiger partial charge in [0, 0.05) is 12.5 Å². The van der Waals surface area contributed by atoms with Crippen molar-refractivity contribution in [2.75, 3.05) is 0 Å². The lowest BCUT2D eigenvalue weighted by Crippen LogP contribution is -2.01. The first-order valence-corrected chi connectivity index (χ1v) is 4.29. The van der Waals surface area contributed by atoms with Gasteiger partial charge in [-0.15, -0.1) is 0 Å². The van der Waals surface area contributed by atoms with Crippen LogP contribution < -0.4 is 5.73 Å². The van der Waals surface area contributed by atoms with Crippen molar-refractivity contribution in [2.45, 2.75) is 25.0 Å². The molecule has 64 valence electrons. The molecule has 0 amide bonds. The molecule has 2 heteroatoms. The molecule has 1 aliphatic rings. The molecule has 12 heavy (non-hydrogen) atoms. The molecule has 0 heterocycles. The molecule has 2 nitrogen and oxygen atoms in total. The van der Waals surface area contributed by atoms with Gasteiger partial charge >= 0.3 is 0 Å². The Bertz CT molecular complexity index is 285. The Morgan fingerprint density at radius 2 is 2.08 bits per heavy atom. The minimum absolute atomic E-state index is 0.127. The van der Waals surface area contributed by atoms with Crippen molar-refractivity contribution in [3.05, 3.63) is 35.4 Å². The molecule has 2 atom stereocenters. The SMILES string of the molecule is NCc1ccccc1C1CC1O. The van der Waals surface area contributed by atoms with E-state index in [1.54, 1.807) is 0 Å². The van der Waals surface area contributed by atoms with E-state index in [1.165, 1.54) is 11.1 Å². The van der Waals surface area contributed by atoms with E-state index in [1.807, 2.05) is 18.2 Å². The lowest BCUT2D eigenvalue weighted by molar-refractivity contribution is 0.271. The summed E-state index contributed by atoms with van der Waals surface area (Å²) in [4.78, 5) is 0. The summed E-state index contributed by atoms with van der Waals surface area (Å²) in [6.07, 6.45) is 0.773. The van der Waals surface area contributed by atoms with E-state index < -0.39 is 0 Å². The number of benzene rings is 1. The Morgan fingerprint density at radius 1 is 1.42 bits per heavy atom. The third kappa shape index (κ3) is 1.24. The van der Waals surface area contributed by atoms with E-state index in [2.05, 4.69) is 6.07 Å². The van der Waals surface area contributed by atoms with Crippen LogP contribution in [-0.2, 0) is 6.54 Å². The van der Waals surface area contributed by atoms with Crippen LogP contribution in [0.15, 0.2) is 24.3 Å². The summed E-state index contributed by atoms with van der Waals surface area (Å²) in [5.41, 5.74) is 7.97. The van der Waals surface area contributed by atoms with E-state index in [0.29, 0.717) is 12.5 Å². The van der Waals surface area contributed by atoms with Crippen molar-refractivity contribution >= 4 is 0 Å². The zero-order chi connectivity index (χ0) is 8.55.